The van der Waals surface area contributed by atoms with Crippen molar-refractivity contribution in [2.45, 2.75) is 96.8 Å². The minimum atomic E-state index is -0.987. The summed E-state index contributed by atoms with van der Waals surface area (Å²) in [5.41, 5.74) is 0. The van der Waals surface area contributed by atoms with Crippen LogP contribution in [0.4, 0.5) is 0 Å². The summed E-state index contributed by atoms with van der Waals surface area (Å²) in [6, 6.07) is 0. The van der Waals surface area contributed by atoms with Gasteiger partial charge in [-0.1, -0.05) is 84.0 Å². The largest absolute Gasteiger partial charge is 0.480 e. The van der Waals surface area contributed by atoms with Crippen LogP contribution in [-0.2, 0) is 29.1 Å². The van der Waals surface area contributed by atoms with E-state index >= 15 is 0 Å². The summed E-state index contributed by atoms with van der Waals surface area (Å²) in [6.45, 7) is 1.99. The second-order valence-electron chi connectivity index (χ2n) is 6.16. The first kappa shape index (κ1) is 24.8. The van der Waals surface area contributed by atoms with Gasteiger partial charge in [-0.2, -0.15) is 0 Å². The number of unbranched alkanes of at least 4 members (excludes halogenated alkanes) is 12. The fourth-order valence-corrected chi connectivity index (χ4v) is 2.57. The van der Waals surface area contributed by atoms with E-state index in [2.05, 4.69) is 12.2 Å². The van der Waals surface area contributed by atoms with Gasteiger partial charge < -0.3 is 10.4 Å². The Bertz CT molecular complexity index is 285. The number of nitrogens with one attached hydrogen (secondary N) is 1. The Morgan fingerprint density at radius 2 is 1.13 bits per heavy atom. The van der Waals surface area contributed by atoms with Gasteiger partial charge in [0.1, 0.15) is 6.54 Å². The third-order valence-corrected chi connectivity index (χ3v) is 3.94. The number of aliphatic carboxylic acids is 1. The molecule has 5 heteroatoms. The number of hydrogen-bond acceptors (Lipinski definition) is 2. The SMILES string of the molecule is CCCCCCCCCCCCCCCC(=O)NCC(=O)O.[Zn]. The molecule has 0 saturated heterocycles. The Kier molecular flexibility index (Phi) is 21.2. The standard InChI is InChI=1S/C18H35NO3.Zn/c1-2-3-4-5-6-7-8-9-10-11-12-13-14-15-17(20)19-16-18(21)22;/h2-16H2,1H3,(H,19,20)(H,21,22);. The molecule has 0 spiro atoms. The van der Waals surface area contributed by atoms with E-state index in [4.69, 9.17) is 5.11 Å². The molecule has 0 aromatic rings. The maximum atomic E-state index is 11.3. The summed E-state index contributed by atoms with van der Waals surface area (Å²) in [4.78, 5) is 21.6. The summed E-state index contributed by atoms with van der Waals surface area (Å²) < 4.78 is 0. The van der Waals surface area contributed by atoms with Crippen LogP contribution in [0.1, 0.15) is 96.8 Å². The number of amides is 1. The Morgan fingerprint density at radius 1 is 0.739 bits per heavy atom. The van der Waals surface area contributed by atoms with Gasteiger partial charge in [0, 0.05) is 25.9 Å². The zero-order valence-electron chi connectivity index (χ0n) is 15.1. The molecule has 0 bridgehead atoms. The van der Waals surface area contributed by atoms with Crippen LogP contribution in [0.5, 0.6) is 0 Å². The smallest absolute Gasteiger partial charge is 0.322 e. The van der Waals surface area contributed by atoms with Gasteiger partial charge in [-0.05, 0) is 6.42 Å². The first-order valence-corrected chi connectivity index (χ1v) is 9.15. The molecule has 0 heterocycles. The molecule has 132 valence electrons. The molecule has 4 nitrogen and oxygen atoms in total. The van der Waals surface area contributed by atoms with Crippen LogP contribution >= 0.6 is 0 Å². The van der Waals surface area contributed by atoms with E-state index in [1.807, 2.05) is 0 Å². The van der Waals surface area contributed by atoms with E-state index in [9.17, 15) is 9.59 Å². The van der Waals surface area contributed by atoms with Crippen LogP contribution < -0.4 is 5.32 Å². The van der Waals surface area contributed by atoms with Crippen LogP contribution in [-0.4, -0.2) is 23.5 Å². The number of carboxylic acids is 1. The summed E-state index contributed by atoms with van der Waals surface area (Å²) in [7, 11) is 0. The second-order valence-corrected chi connectivity index (χ2v) is 6.16. The molecular weight excluding hydrogens is 344 g/mol. The number of carboxylic acid groups (broad SMARTS) is 1. The predicted octanol–water partition coefficient (Wildman–Crippen LogP) is 4.67. The van der Waals surface area contributed by atoms with E-state index in [-0.39, 0.29) is 31.9 Å². The van der Waals surface area contributed by atoms with E-state index in [0.717, 1.165) is 12.8 Å². The van der Waals surface area contributed by atoms with Crippen LogP contribution in [0.15, 0.2) is 0 Å². The molecule has 0 fully saturated rings. The van der Waals surface area contributed by atoms with Crippen molar-refractivity contribution < 1.29 is 34.2 Å². The first-order valence-electron chi connectivity index (χ1n) is 9.15. The molecule has 0 unspecified atom stereocenters. The van der Waals surface area contributed by atoms with Crippen molar-refractivity contribution in [3.63, 3.8) is 0 Å². The van der Waals surface area contributed by atoms with Crippen molar-refractivity contribution in [2.24, 2.45) is 0 Å². The van der Waals surface area contributed by atoms with Crippen LogP contribution in [0.2, 0.25) is 0 Å². The minimum absolute atomic E-state index is 0. The summed E-state index contributed by atoms with van der Waals surface area (Å²) in [5, 5.41) is 10.8. The number of carbonyl (C=O) groups excluding carboxylic acids is 1. The van der Waals surface area contributed by atoms with E-state index in [0.29, 0.717) is 6.42 Å². The molecule has 0 radical (unpaired) electrons. The van der Waals surface area contributed by atoms with Crippen LogP contribution in [0.25, 0.3) is 0 Å². The number of rotatable bonds is 16. The Morgan fingerprint density at radius 3 is 1.52 bits per heavy atom. The molecule has 0 aliphatic carbocycles. The van der Waals surface area contributed by atoms with Crippen molar-refractivity contribution in [3.05, 3.63) is 0 Å². The molecule has 0 rings (SSSR count). The maximum Gasteiger partial charge on any atom is 0.322 e. The average molecular weight is 379 g/mol. The molecule has 0 aromatic heterocycles. The first-order chi connectivity index (χ1) is 10.7. The fraction of sp³-hybridized carbons (Fsp3) is 0.889. The van der Waals surface area contributed by atoms with E-state index in [1.54, 1.807) is 0 Å². The summed E-state index contributed by atoms with van der Waals surface area (Å²) in [6.07, 6.45) is 17.1. The molecule has 23 heavy (non-hydrogen) atoms. The van der Waals surface area contributed by atoms with Crippen molar-refractivity contribution >= 4 is 11.9 Å². The molecule has 0 atom stereocenters. The molecular formula is C18H35NO3Zn. The second kappa shape index (κ2) is 19.6. The number of carbonyl (C=O) groups is 2. The zero-order chi connectivity index (χ0) is 16.5. The van der Waals surface area contributed by atoms with Gasteiger partial charge in [-0.3, -0.25) is 9.59 Å². The Balaban J connectivity index is 0. The Hall–Kier alpha value is -0.437. The minimum Gasteiger partial charge on any atom is -0.480 e. The molecule has 2 N–H and O–H groups in total. The van der Waals surface area contributed by atoms with Crippen LogP contribution in [0, 0.1) is 0 Å². The molecule has 0 aliphatic rings. The van der Waals surface area contributed by atoms with Gasteiger partial charge in [0.15, 0.2) is 0 Å². The quantitative estimate of drug-likeness (QED) is 0.303. The normalized spacial score (nSPS) is 10.1. The molecule has 0 aliphatic heterocycles. The maximum absolute atomic E-state index is 11.3. The molecule has 0 saturated carbocycles. The van der Waals surface area contributed by atoms with Gasteiger partial charge in [0.05, 0.1) is 0 Å². The van der Waals surface area contributed by atoms with Crippen molar-refractivity contribution in [1.29, 1.82) is 0 Å². The van der Waals surface area contributed by atoms with Crippen LogP contribution in [0.3, 0.4) is 0 Å². The monoisotopic (exact) mass is 377 g/mol. The molecule has 1 amide bonds. The van der Waals surface area contributed by atoms with E-state index < -0.39 is 5.97 Å². The van der Waals surface area contributed by atoms with Crippen molar-refractivity contribution in [2.75, 3.05) is 6.54 Å². The van der Waals surface area contributed by atoms with Crippen molar-refractivity contribution in [1.82, 2.24) is 5.32 Å². The van der Waals surface area contributed by atoms with Crippen molar-refractivity contribution in [3.8, 4) is 0 Å². The average Bonchev–Trinajstić information content (AvgIpc) is 2.49. The van der Waals surface area contributed by atoms with Gasteiger partial charge in [-0.25, -0.2) is 0 Å². The third-order valence-electron chi connectivity index (χ3n) is 3.94. The van der Waals surface area contributed by atoms with Gasteiger partial charge in [0.2, 0.25) is 5.91 Å². The fourth-order valence-electron chi connectivity index (χ4n) is 2.57. The summed E-state index contributed by atoms with van der Waals surface area (Å²) >= 11 is 0. The summed E-state index contributed by atoms with van der Waals surface area (Å²) in [5.74, 6) is -1.14. The van der Waals surface area contributed by atoms with Gasteiger partial charge in [-0.15, -0.1) is 0 Å². The number of hydrogen-bond donors (Lipinski definition) is 2. The van der Waals surface area contributed by atoms with Gasteiger partial charge >= 0.3 is 5.97 Å². The zero-order valence-corrected chi connectivity index (χ0v) is 18.0. The topological polar surface area (TPSA) is 66.4 Å². The predicted molar refractivity (Wildman–Crippen MR) is 91.0 cm³/mol. The third kappa shape index (κ3) is 21.6. The van der Waals surface area contributed by atoms with E-state index in [1.165, 1.54) is 70.6 Å². The molecule has 0 aromatic carbocycles. The Labute approximate surface area is 154 Å². The van der Waals surface area contributed by atoms with Gasteiger partial charge in [0.25, 0.3) is 0 Å².